The second-order valence-electron chi connectivity index (χ2n) is 5.15. The predicted octanol–water partition coefficient (Wildman–Crippen LogP) is 3.64. The molecule has 1 unspecified atom stereocenters. The summed E-state index contributed by atoms with van der Waals surface area (Å²) in [6, 6.07) is 9.14. The Kier molecular flexibility index (Phi) is 1.97. The van der Waals surface area contributed by atoms with Crippen molar-refractivity contribution in [1.29, 1.82) is 0 Å². The van der Waals surface area contributed by atoms with Gasteiger partial charge in [0.2, 0.25) is 0 Å². The Labute approximate surface area is 96.9 Å². The second-order valence-corrected chi connectivity index (χ2v) is 5.15. The normalized spacial score (nSPS) is 25.1. The first-order valence-electron chi connectivity index (χ1n) is 5.93. The van der Waals surface area contributed by atoms with Gasteiger partial charge in [-0.1, -0.05) is 50.3 Å². The molecular weight excluding hydrogens is 194 g/mol. The first-order valence-corrected chi connectivity index (χ1v) is 5.93. The molecule has 1 atom stereocenters. The summed E-state index contributed by atoms with van der Waals surface area (Å²) in [4.78, 5) is 0. The van der Waals surface area contributed by atoms with Crippen molar-refractivity contribution < 1.29 is 0 Å². The van der Waals surface area contributed by atoms with Crippen LogP contribution in [0.5, 0.6) is 0 Å². The number of fused-ring (bicyclic) bond motifs is 2. The molecule has 0 saturated carbocycles. The van der Waals surface area contributed by atoms with Crippen molar-refractivity contribution in [3.63, 3.8) is 0 Å². The van der Waals surface area contributed by atoms with Crippen molar-refractivity contribution in [1.82, 2.24) is 0 Å². The van der Waals surface area contributed by atoms with Crippen LogP contribution in [0.3, 0.4) is 0 Å². The van der Waals surface area contributed by atoms with Crippen LogP contribution in [0.15, 0.2) is 48.1 Å². The third-order valence-corrected chi connectivity index (χ3v) is 3.81. The van der Waals surface area contributed by atoms with Gasteiger partial charge in [0.15, 0.2) is 0 Å². The van der Waals surface area contributed by atoms with E-state index in [1.807, 2.05) is 0 Å². The lowest BCUT2D eigenvalue weighted by Crippen LogP contribution is -2.39. The number of allylic oxidation sites excluding steroid dienone is 2. The molecule has 0 radical (unpaired) electrons. The number of para-hydroxylation sites is 1. The van der Waals surface area contributed by atoms with E-state index in [0.717, 1.165) is 6.42 Å². The van der Waals surface area contributed by atoms with Gasteiger partial charge in [0, 0.05) is 11.1 Å². The topological polar surface area (TPSA) is 12.0 Å². The highest BCUT2D eigenvalue weighted by atomic mass is 14.9. The molecule has 1 aliphatic carbocycles. The number of nitrogens with one attached hydrogen (secondary N) is 1. The molecule has 82 valence electrons. The van der Waals surface area contributed by atoms with E-state index in [0.29, 0.717) is 6.04 Å². The lowest BCUT2D eigenvalue weighted by molar-refractivity contribution is 0.549. The molecule has 1 aromatic rings. The average molecular weight is 211 g/mol. The van der Waals surface area contributed by atoms with Crippen LogP contribution >= 0.6 is 0 Å². The quantitative estimate of drug-likeness (QED) is 0.690. The van der Waals surface area contributed by atoms with Crippen molar-refractivity contribution in [3.05, 3.63) is 53.6 Å². The SMILES string of the molecule is CC1(C)C2=CC=CCC2Nc2ccccc21. The summed E-state index contributed by atoms with van der Waals surface area (Å²) in [5, 5.41) is 3.63. The highest BCUT2D eigenvalue weighted by Crippen LogP contribution is 2.44. The lowest BCUT2D eigenvalue weighted by atomic mass is 9.69. The number of benzene rings is 1. The summed E-state index contributed by atoms with van der Waals surface area (Å²) in [6.07, 6.45) is 7.80. The summed E-state index contributed by atoms with van der Waals surface area (Å²) in [7, 11) is 0. The van der Waals surface area contributed by atoms with Crippen molar-refractivity contribution in [2.24, 2.45) is 0 Å². The van der Waals surface area contributed by atoms with Gasteiger partial charge >= 0.3 is 0 Å². The molecule has 1 N–H and O–H groups in total. The zero-order valence-electron chi connectivity index (χ0n) is 9.83. The van der Waals surface area contributed by atoms with E-state index in [2.05, 4.69) is 61.7 Å². The number of hydrogen-bond donors (Lipinski definition) is 1. The summed E-state index contributed by atoms with van der Waals surface area (Å²) in [6.45, 7) is 4.65. The van der Waals surface area contributed by atoms with Gasteiger partial charge in [-0.15, -0.1) is 0 Å². The molecule has 0 saturated heterocycles. The molecule has 0 aromatic heterocycles. The summed E-state index contributed by atoms with van der Waals surface area (Å²) in [5.41, 5.74) is 4.36. The predicted molar refractivity (Wildman–Crippen MR) is 68.7 cm³/mol. The Hall–Kier alpha value is -1.50. The van der Waals surface area contributed by atoms with Crippen LogP contribution in [-0.2, 0) is 5.41 Å². The zero-order valence-corrected chi connectivity index (χ0v) is 9.83. The number of anilines is 1. The molecule has 1 heterocycles. The monoisotopic (exact) mass is 211 g/mol. The van der Waals surface area contributed by atoms with E-state index in [1.54, 1.807) is 0 Å². The Morgan fingerprint density at radius 1 is 1.25 bits per heavy atom. The fourth-order valence-electron chi connectivity index (χ4n) is 2.91. The standard InChI is InChI=1S/C15H17N/c1-15(2)11-7-3-5-9-13(11)16-14-10-6-4-8-12(14)15/h3-9,14,16H,10H2,1-2H3. The van der Waals surface area contributed by atoms with Gasteiger partial charge in [0.05, 0.1) is 6.04 Å². The molecule has 0 bridgehead atoms. The maximum absolute atomic E-state index is 3.63. The molecule has 0 amide bonds. The van der Waals surface area contributed by atoms with E-state index >= 15 is 0 Å². The average Bonchev–Trinajstić information content (AvgIpc) is 2.29. The fourth-order valence-corrected chi connectivity index (χ4v) is 2.91. The molecule has 0 fully saturated rings. The minimum Gasteiger partial charge on any atom is -0.378 e. The van der Waals surface area contributed by atoms with E-state index in [-0.39, 0.29) is 5.41 Å². The van der Waals surface area contributed by atoms with Crippen molar-refractivity contribution in [3.8, 4) is 0 Å². The third-order valence-electron chi connectivity index (χ3n) is 3.81. The van der Waals surface area contributed by atoms with Crippen LogP contribution in [0.25, 0.3) is 0 Å². The minimum absolute atomic E-state index is 0.150. The van der Waals surface area contributed by atoms with Crippen LogP contribution in [0.4, 0.5) is 5.69 Å². The number of rotatable bonds is 0. The van der Waals surface area contributed by atoms with Gasteiger partial charge in [-0.2, -0.15) is 0 Å². The summed E-state index contributed by atoms with van der Waals surface area (Å²) < 4.78 is 0. The van der Waals surface area contributed by atoms with Crippen molar-refractivity contribution in [2.45, 2.75) is 31.7 Å². The first-order chi connectivity index (χ1) is 7.69. The zero-order chi connectivity index (χ0) is 11.2. The second kappa shape index (κ2) is 3.24. The fraction of sp³-hybridized carbons (Fsp3) is 0.333. The first kappa shape index (κ1) is 9.71. The maximum atomic E-state index is 3.63. The smallest absolute Gasteiger partial charge is 0.0519 e. The Morgan fingerprint density at radius 2 is 2.06 bits per heavy atom. The molecular formula is C15H17N. The van der Waals surface area contributed by atoms with Crippen LogP contribution in [0, 0.1) is 0 Å². The summed E-state index contributed by atoms with van der Waals surface area (Å²) >= 11 is 0. The van der Waals surface area contributed by atoms with Gasteiger partial charge in [0.25, 0.3) is 0 Å². The maximum Gasteiger partial charge on any atom is 0.0519 e. The van der Waals surface area contributed by atoms with Gasteiger partial charge in [-0.25, -0.2) is 0 Å². The van der Waals surface area contributed by atoms with Crippen LogP contribution in [0.2, 0.25) is 0 Å². The highest BCUT2D eigenvalue weighted by Gasteiger charge is 2.36. The molecule has 0 spiro atoms. The Morgan fingerprint density at radius 3 is 2.94 bits per heavy atom. The van der Waals surface area contributed by atoms with E-state index in [9.17, 15) is 0 Å². The molecule has 2 aliphatic rings. The van der Waals surface area contributed by atoms with E-state index < -0.39 is 0 Å². The van der Waals surface area contributed by atoms with Crippen molar-refractivity contribution in [2.75, 3.05) is 5.32 Å². The van der Waals surface area contributed by atoms with Crippen LogP contribution in [0.1, 0.15) is 25.8 Å². The van der Waals surface area contributed by atoms with E-state index in [4.69, 9.17) is 0 Å². The Balaban J connectivity index is 2.19. The largest absolute Gasteiger partial charge is 0.378 e. The van der Waals surface area contributed by atoms with Crippen LogP contribution < -0.4 is 5.32 Å². The van der Waals surface area contributed by atoms with Gasteiger partial charge in [0.1, 0.15) is 0 Å². The minimum atomic E-state index is 0.150. The molecule has 16 heavy (non-hydrogen) atoms. The molecule has 1 nitrogen and oxygen atoms in total. The number of hydrogen-bond acceptors (Lipinski definition) is 1. The van der Waals surface area contributed by atoms with Gasteiger partial charge in [-0.3, -0.25) is 0 Å². The highest BCUT2D eigenvalue weighted by molar-refractivity contribution is 5.64. The van der Waals surface area contributed by atoms with Gasteiger partial charge in [-0.05, 0) is 23.6 Å². The van der Waals surface area contributed by atoms with Crippen molar-refractivity contribution >= 4 is 5.69 Å². The van der Waals surface area contributed by atoms with E-state index in [1.165, 1.54) is 16.8 Å². The van der Waals surface area contributed by atoms with Gasteiger partial charge < -0.3 is 5.32 Å². The van der Waals surface area contributed by atoms with Crippen LogP contribution in [-0.4, -0.2) is 6.04 Å². The third kappa shape index (κ3) is 1.24. The molecule has 1 heteroatoms. The summed E-state index contributed by atoms with van der Waals surface area (Å²) in [5.74, 6) is 0. The molecule has 1 aromatic carbocycles. The molecule has 3 rings (SSSR count). The molecule has 1 aliphatic heterocycles. The lowest BCUT2D eigenvalue weighted by Gasteiger charge is -2.42. The Bertz CT molecular complexity index is 480.